The van der Waals surface area contributed by atoms with Crippen LogP contribution in [0.2, 0.25) is 0 Å². The van der Waals surface area contributed by atoms with Crippen LogP contribution in [0.3, 0.4) is 0 Å². The number of halogens is 1. The lowest BCUT2D eigenvalue weighted by Gasteiger charge is -2.36. The van der Waals surface area contributed by atoms with E-state index >= 15 is 0 Å². The molecule has 1 aromatic heterocycles. The number of rotatable bonds is 4. The van der Waals surface area contributed by atoms with Crippen molar-refractivity contribution in [2.45, 2.75) is 4.90 Å². The number of nitrogens with zero attached hydrogens (tertiary/aromatic N) is 4. The van der Waals surface area contributed by atoms with Gasteiger partial charge in [-0.2, -0.15) is 0 Å². The van der Waals surface area contributed by atoms with Crippen molar-refractivity contribution < 1.29 is 12.8 Å². The summed E-state index contributed by atoms with van der Waals surface area (Å²) in [6.45, 7) is 2.60. The quantitative estimate of drug-likeness (QED) is 0.723. The Morgan fingerprint density at radius 1 is 1.11 bits per heavy atom. The normalized spacial score (nSPS) is 14.7. The standard InChI is InChI=1S/C16H19FN6O2S2/c1-18-16(26)23-10-8-22(9-11-23)15-14(19-6-7-20-15)21-27(24,25)13-4-2-12(17)3-5-13/h2-7H,8-11H2,1H3,(H,18,26)(H,19,21). The summed E-state index contributed by atoms with van der Waals surface area (Å²) in [4.78, 5) is 12.4. The average molecular weight is 411 g/mol. The fourth-order valence-electron chi connectivity index (χ4n) is 2.71. The number of benzene rings is 1. The molecule has 0 saturated carbocycles. The molecule has 1 saturated heterocycles. The highest BCUT2D eigenvalue weighted by molar-refractivity contribution is 7.92. The molecule has 0 radical (unpaired) electrons. The molecule has 1 aromatic carbocycles. The SMILES string of the molecule is CNC(=S)N1CCN(c2nccnc2NS(=O)(=O)c2ccc(F)cc2)CC1. The van der Waals surface area contributed by atoms with E-state index in [4.69, 9.17) is 12.2 Å². The molecule has 2 heterocycles. The van der Waals surface area contributed by atoms with Crippen molar-refractivity contribution in [3.05, 3.63) is 42.5 Å². The van der Waals surface area contributed by atoms with Crippen LogP contribution < -0.4 is 14.9 Å². The fourth-order valence-corrected chi connectivity index (χ4v) is 3.91. The minimum Gasteiger partial charge on any atom is -0.366 e. The molecule has 144 valence electrons. The number of aromatic nitrogens is 2. The summed E-state index contributed by atoms with van der Waals surface area (Å²) in [5.74, 6) is 0.0659. The Morgan fingerprint density at radius 3 is 2.37 bits per heavy atom. The van der Waals surface area contributed by atoms with Crippen LogP contribution in [0.1, 0.15) is 0 Å². The Bertz CT molecular complexity index is 915. The maximum atomic E-state index is 13.1. The first-order chi connectivity index (χ1) is 12.9. The van der Waals surface area contributed by atoms with Crippen molar-refractivity contribution in [3.63, 3.8) is 0 Å². The van der Waals surface area contributed by atoms with Gasteiger partial charge < -0.3 is 15.1 Å². The summed E-state index contributed by atoms with van der Waals surface area (Å²) >= 11 is 5.24. The molecule has 0 atom stereocenters. The van der Waals surface area contributed by atoms with Crippen molar-refractivity contribution in [2.24, 2.45) is 0 Å². The van der Waals surface area contributed by atoms with E-state index in [1.165, 1.54) is 24.5 Å². The molecule has 0 aliphatic carbocycles. The van der Waals surface area contributed by atoms with Gasteiger partial charge in [-0.3, -0.25) is 4.72 Å². The van der Waals surface area contributed by atoms with Crippen LogP contribution in [-0.2, 0) is 10.0 Å². The molecule has 8 nitrogen and oxygen atoms in total. The maximum Gasteiger partial charge on any atom is 0.263 e. The molecule has 2 N–H and O–H groups in total. The predicted octanol–water partition coefficient (Wildman–Crippen LogP) is 1.04. The molecular weight excluding hydrogens is 391 g/mol. The van der Waals surface area contributed by atoms with Gasteiger partial charge >= 0.3 is 0 Å². The van der Waals surface area contributed by atoms with E-state index in [0.29, 0.717) is 37.1 Å². The third-order valence-electron chi connectivity index (χ3n) is 4.11. The van der Waals surface area contributed by atoms with Gasteiger partial charge in [-0.1, -0.05) is 0 Å². The molecule has 1 fully saturated rings. The fraction of sp³-hybridized carbons (Fsp3) is 0.312. The molecular formula is C16H19FN6O2S2. The second kappa shape index (κ2) is 8.01. The first-order valence-electron chi connectivity index (χ1n) is 8.22. The largest absolute Gasteiger partial charge is 0.366 e. The van der Waals surface area contributed by atoms with Crippen LogP contribution in [0.5, 0.6) is 0 Å². The summed E-state index contributed by atoms with van der Waals surface area (Å²) in [7, 11) is -2.13. The van der Waals surface area contributed by atoms with Gasteiger partial charge in [0.2, 0.25) is 0 Å². The summed E-state index contributed by atoms with van der Waals surface area (Å²) in [6, 6.07) is 4.59. The van der Waals surface area contributed by atoms with E-state index < -0.39 is 15.8 Å². The van der Waals surface area contributed by atoms with E-state index in [0.717, 1.165) is 12.1 Å². The van der Waals surface area contributed by atoms with Crippen molar-refractivity contribution in [1.82, 2.24) is 20.2 Å². The summed E-state index contributed by atoms with van der Waals surface area (Å²) in [5, 5.41) is 3.62. The van der Waals surface area contributed by atoms with Gasteiger partial charge in [-0.25, -0.2) is 22.8 Å². The lowest BCUT2D eigenvalue weighted by Crippen LogP contribution is -2.51. The molecule has 27 heavy (non-hydrogen) atoms. The number of anilines is 2. The van der Waals surface area contributed by atoms with Crippen LogP contribution in [0.25, 0.3) is 0 Å². The molecule has 2 aromatic rings. The van der Waals surface area contributed by atoms with E-state index in [9.17, 15) is 12.8 Å². The van der Waals surface area contributed by atoms with E-state index in [2.05, 4.69) is 20.0 Å². The molecule has 0 bridgehead atoms. The Kier molecular flexibility index (Phi) is 5.71. The molecule has 0 spiro atoms. The molecule has 3 rings (SSSR count). The van der Waals surface area contributed by atoms with Crippen LogP contribution in [0.15, 0.2) is 41.6 Å². The molecule has 0 amide bonds. The molecule has 1 aliphatic rings. The first-order valence-corrected chi connectivity index (χ1v) is 10.1. The Balaban J connectivity index is 1.79. The Morgan fingerprint density at radius 2 is 1.74 bits per heavy atom. The summed E-state index contributed by atoms with van der Waals surface area (Å²) in [5.41, 5.74) is 0. The first kappa shape index (κ1) is 19.2. The van der Waals surface area contributed by atoms with Gasteiger partial charge in [0.25, 0.3) is 10.0 Å². The third-order valence-corrected chi connectivity index (χ3v) is 5.93. The Hall–Kier alpha value is -2.53. The monoisotopic (exact) mass is 410 g/mol. The predicted molar refractivity (Wildman–Crippen MR) is 105 cm³/mol. The zero-order valence-electron chi connectivity index (χ0n) is 14.6. The smallest absolute Gasteiger partial charge is 0.263 e. The van der Waals surface area contributed by atoms with Crippen molar-refractivity contribution in [2.75, 3.05) is 42.8 Å². The second-order valence-corrected chi connectivity index (χ2v) is 7.89. The minimum atomic E-state index is -3.91. The van der Waals surface area contributed by atoms with E-state index in [-0.39, 0.29) is 10.7 Å². The van der Waals surface area contributed by atoms with E-state index in [1.807, 2.05) is 9.80 Å². The number of piperazine rings is 1. The van der Waals surface area contributed by atoms with Gasteiger partial charge in [-0.15, -0.1) is 0 Å². The highest BCUT2D eigenvalue weighted by atomic mass is 32.2. The van der Waals surface area contributed by atoms with Crippen molar-refractivity contribution in [1.29, 1.82) is 0 Å². The van der Waals surface area contributed by atoms with Gasteiger partial charge in [-0.05, 0) is 36.5 Å². The molecule has 1 aliphatic heterocycles. The number of hydrogen-bond donors (Lipinski definition) is 2. The van der Waals surface area contributed by atoms with Crippen molar-refractivity contribution in [3.8, 4) is 0 Å². The molecule has 0 unspecified atom stereocenters. The highest BCUT2D eigenvalue weighted by Gasteiger charge is 2.24. The lowest BCUT2D eigenvalue weighted by atomic mass is 10.3. The topological polar surface area (TPSA) is 90.5 Å². The number of nitrogens with one attached hydrogen (secondary N) is 2. The highest BCUT2D eigenvalue weighted by Crippen LogP contribution is 2.24. The van der Waals surface area contributed by atoms with Gasteiger partial charge in [0.15, 0.2) is 16.7 Å². The van der Waals surface area contributed by atoms with Crippen LogP contribution in [0.4, 0.5) is 16.0 Å². The minimum absolute atomic E-state index is 0.0512. The summed E-state index contributed by atoms with van der Waals surface area (Å²) < 4.78 is 40.7. The summed E-state index contributed by atoms with van der Waals surface area (Å²) in [6.07, 6.45) is 2.92. The van der Waals surface area contributed by atoms with Crippen molar-refractivity contribution >= 4 is 39.0 Å². The average Bonchev–Trinajstić information content (AvgIpc) is 2.68. The van der Waals surface area contributed by atoms with Crippen LogP contribution >= 0.6 is 12.2 Å². The van der Waals surface area contributed by atoms with Gasteiger partial charge in [0.1, 0.15) is 5.82 Å². The lowest BCUT2D eigenvalue weighted by molar-refractivity contribution is 0.381. The van der Waals surface area contributed by atoms with Gasteiger partial charge in [0, 0.05) is 45.6 Å². The zero-order chi connectivity index (χ0) is 19.4. The molecule has 11 heteroatoms. The number of sulfonamides is 1. The van der Waals surface area contributed by atoms with Crippen LogP contribution in [0, 0.1) is 5.82 Å². The number of hydrogen-bond acceptors (Lipinski definition) is 6. The van der Waals surface area contributed by atoms with E-state index in [1.54, 1.807) is 7.05 Å². The number of thiocarbonyl (C=S) groups is 1. The van der Waals surface area contributed by atoms with Gasteiger partial charge in [0.05, 0.1) is 4.90 Å². The second-order valence-electron chi connectivity index (χ2n) is 5.82. The zero-order valence-corrected chi connectivity index (χ0v) is 16.2. The maximum absolute atomic E-state index is 13.1. The third kappa shape index (κ3) is 4.42. The Labute approximate surface area is 162 Å². The van der Waals surface area contributed by atoms with Crippen LogP contribution in [-0.4, -0.2) is 61.6 Å².